The molecule has 6 nitrogen and oxygen atoms in total. The lowest BCUT2D eigenvalue weighted by atomic mass is 10.0. The fraction of sp³-hybridized carbons (Fsp3) is 0.185. The summed E-state index contributed by atoms with van der Waals surface area (Å²) in [6.45, 7) is 3.43. The van der Waals surface area contributed by atoms with Crippen molar-refractivity contribution in [2.45, 2.75) is 13.0 Å². The van der Waals surface area contributed by atoms with Crippen LogP contribution >= 0.6 is 11.3 Å². The van der Waals surface area contributed by atoms with Gasteiger partial charge in [-0.1, -0.05) is 29.4 Å². The molecule has 2 aromatic carbocycles. The van der Waals surface area contributed by atoms with E-state index in [2.05, 4.69) is 39.3 Å². The van der Waals surface area contributed by atoms with Crippen molar-refractivity contribution in [3.05, 3.63) is 88.7 Å². The smallest absolute Gasteiger partial charge is 0.155 e. The molecule has 0 bridgehead atoms. The summed E-state index contributed by atoms with van der Waals surface area (Å²) < 4.78 is 13.3. The van der Waals surface area contributed by atoms with E-state index in [4.69, 9.17) is 9.15 Å². The minimum atomic E-state index is 0.419. The van der Waals surface area contributed by atoms with Gasteiger partial charge >= 0.3 is 0 Å². The van der Waals surface area contributed by atoms with E-state index in [1.165, 1.54) is 11.1 Å². The van der Waals surface area contributed by atoms with Crippen molar-refractivity contribution < 1.29 is 14.4 Å². The van der Waals surface area contributed by atoms with Crippen molar-refractivity contribution in [3.8, 4) is 17.2 Å². The van der Waals surface area contributed by atoms with Gasteiger partial charge < -0.3 is 14.4 Å². The Bertz CT molecular complexity index is 1560. The highest BCUT2D eigenvalue weighted by Crippen LogP contribution is 2.28. The van der Waals surface area contributed by atoms with E-state index in [-0.39, 0.29) is 0 Å². The predicted molar refractivity (Wildman–Crippen MR) is 133 cm³/mol. The third-order valence-electron chi connectivity index (χ3n) is 6.30. The van der Waals surface area contributed by atoms with Gasteiger partial charge in [-0.25, -0.2) is 0 Å². The van der Waals surface area contributed by atoms with Crippen molar-refractivity contribution in [3.63, 3.8) is 0 Å². The first-order valence-electron chi connectivity index (χ1n) is 11.3. The second-order valence-electron chi connectivity index (χ2n) is 8.43. The van der Waals surface area contributed by atoms with Crippen LogP contribution in [0.15, 0.2) is 81.8 Å². The number of aromatic nitrogens is 1. The number of benzene rings is 2. The van der Waals surface area contributed by atoms with E-state index < -0.39 is 0 Å². The molecule has 0 saturated carbocycles. The third kappa shape index (κ3) is 4.04. The maximum absolute atomic E-state index is 9.68. The second kappa shape index (κ2) is 8.93. The molecule has 34 heavy (non-hydrogen) atoms. The molecule has 6 rings (SSSR count). The molecule has 1 aliphatic heterocycles. The molecule has 1 N–H and O–H groups in total. The summed E-state index contributed by atoms with van der Waals surface area (Å²) in [5.41, 5.74) is 4.16. The Morgan fingerprint density at radius 1 is 1.09 bits per heavy atom. The average Bonchev–Trinajstić information content (AvgIpc) is 3.36. The Hall–Kier alpha value is -3.68. The van der Waals surface area contributed by atoms with Gasteiger partial charge in [0.15, 0.2) is 5.76 Å². The summed E-state index contributed by atoms with van der Waals surface area (Å²) in [5.74, 6) is 1.27. The van der Waals surface area contributed by atoms with Crippen LogP contribution in [-0.4, -0.2) is 34.8 Å². The Balaban J connectivity index is 1.20. The Morgan fingerprint density at radius 2 is 2.00 bits per heavy atom. The highest BCUT2D eigenvalue weighted by Gasteiger charge is 2.15. The number of nitrogens with zero attached hydrogens (tertiary/aromatic N) is 3. The Labute approximate surface area is 200 Å². The number of hydrogen-bond donors (Lipinski definition) is 1. The summed E-state index contributed by atoms with van der Waals surface area (Å²) in [7, 11) is 0. The highest BCUT2D eigenvalue weighted by molar-refractivity contribution is 7.17. The number of fused-ring (bicyclic) bond motifs is 3. The fourth-order valence-corrected chi connectivity index (χ4v) is 5.27. The number of pyridine rings is 1. The first kappa shape index (κ1) is 20.9. The van der Waals surface area contributed by atoms with E-state index in [1.54, 1.807) is 17.4 Å². The molecule has 0 amide bonds. The molecule has 170 valence electrons. The molecule has 0 fully saturated rings. The number of hydrogen-bond acceptors (Lipinski definition) is 7. The van der Waals surface area contributed by atoms with Gasteiger partial charge in [-0.2, -0.15) is 0 Å². The zero-order chi connectivity index (χ0) is 22.9. The van der Waals surface area contributed by atoms with Crippen LogP contribution in [0.2, 0.25) is 0 Å². The number of rotatable bonds is 5. The fourth-order valence-electron chi connectivity index (χ4n) is 4.47. The molecular formula is C27H23N3O3S. The van der Waals surface area contributed by atoms with Gasteiger partial charge in [0.2, 0.25) is 0 Å². The van der Waals surface area contributed by atoms with E-state index in [0.717, 1.165) is 41.9 Å². The highest BCUT2D eigenvalue weighted by atomic mass is 32.1. The zero-order valence-corrected chi connectivity index (χ0v) is 19.3. The maximum atomic E-state index is 9.68. The normalized spacial score (nSPS) is 14.5. The Kier molecular flexibility index (Phi) is 5.49. The third-order valence-corrected chi connectivity index (χ3v) is 7.18. The molecule has 4 heterocycles. The van der Waals surface area contributed by atoms with Crippen LogP contribution in [0.3, 0.4) is 0 Å². The lowest BCUT2D eigenvalue weighted by Gasteiger charge is -2.28. The summed E-state index contributed by atoms with van der Waals surface area (Å²) in [6.07, 6.45) is 2.90. The predicted octanol–water partition coefficient (Wildman–Crippen LogP) is 5.44. The van der Waals surface area contributed by atoms with Crippen molar-refractivity contribution >= 4 is 32.4 Å². The van der Waals surface area contributed by atoms with Crippen molar-refractivity contribution in [1.29, 1.82) is 0 Å². The van der Waals surface area contributed by atoms with Crippen LogP contribution in [0.1, 0.15) is 11.1 Å². The molecule has 0 radical (unpaired) electrons. The van der Waals surface area contributed by atoms with Crippen molar-refractivity contribution in [1.82, 2.24) is 9.88 Å². The molecule has 0 unspecified atom stereocenters. The first-order chi connectivity index (χ1) is 16.8. The molecule has 0 atom stereocenters. The van der Waals surface area contributed by atoms with Crippen molar-refractivity contribution in [2.24, 2.45) is 5.16 Å². The minimum absolute atomic E-state index is 0.419. The van der Waals surface area contributed by atoms with Gasteiger partial charge in [0.25, 0.3) is 0 Å². The van der Waals surface area contributed by atoms with Gasteiger partial charge in [0.1, 0.15) is 29.0 Å². The largest absolute Gasteiger partial charge is 0.492 e. The van der Waals surface area contributed by atoms with Crippen LogP contribution in [-0.2, 0) is 13.0 Å². The average molecular weight is 470 g/mol. The van der Waals surface area contributed by atoms with E-state index >= 15 is 0 Å². The second-order valence-corrected chi connectivity index (χ2v) is 9.37. The van der Waals surface area contributed by atoms with Crippen LogP contribution in [0, 0.1) is 0 Å². The van der Waals surface area contributed by atoms with Crippen LogP contribution < -0.4 is 10.1 Å². The molecular weight excluding hydrogens is 446 g/mol. The first-order valence-corrected chi connectivity index (χ1v) is 12.2. The van der Waals surface area contributed by atoms with Gasteiger partial charge in [-0.15, -0.1) is 11.3 Å². The van der Waals surface area contributed by atoms with Crippen LogP contribution in [0.25, 0.3) is 32.5 Å². The standard InChI is InChI=1S/C27H23N3O3S/c31-29-23-14-26(24-15-27-19(16-28-24)8-12-34-27)33-25-6-5-21(13-22(23)25)32-11-10-30-9-7-18-3-1-2-4-20(18)17-30/h1-6,8,12-16,31H,7,9-11,17H2/b29-23-. The monoisotopic (exact) mass is 469 g/mol. The van der Waals surface area contributed by atoms with Crippen molar-refractivity contribution in [2.75, 3.05) is 19.7 Å². The molecule has 0 aliphatic carbocycles. The number of thiophene rings is 1. The van der Waals surface area contributed by atoms with E-state index in [0.29, 0.717) is 34.4 Å². The lowest BCUT2D eigenvalue weighted by Crippen LogP contribution is -2.33. The Morgan fingerprint density at radius 3 is 2.91 bits per heavy atom. The summed E-state index contributed by atoms with van der Waals surface area (Å²) in [6, 6.07) is 20.0. The maximum Gasteiger partial charge on any atom is 0.155 e. The van der Waals surface area contributed by atoms with E-state index in [1.807, 2.05) is 41.9 Å². The minimum Gasteiger partial charge on any atom is -0.492 e. The van der Waals surface area contributed by atoms with Gasteiger partial charge in [-0.05, 0) is 53.3 Å². The topological polar surface area (TPSA) is 71.1 Å². The molecule has 0 spiro atoms. The summed E-state index contributed by atoms with van der Waals surface area (Å²) in [4.78, 5) is 6.92. The van der Waals surface area contributed by atoms with Gasteiger partial charge in [0, 0.05) is 42.0 Å². The lowest BCUT2D eigenvalue weighted by molar-refractivity contribution is 0.196. The molecule has 3 aromatic heterocycles. The van der Waals surface area contributed by atoms with Gasteiger partial charge in [-0.3, -0.25) is 9.88 Å². The quantitative estimate of drug-likeness (QED) is 0.274. The summed E-state index contributed by atoms with van der Waals surface area (Å²) in [5, 5.41) is 17.4. The van der Waals surface area contributed by atoms with E-state index in [9.17, 15) is 5.21 Å². The molecule has 1 aliphatic rings. The van der Waals surface area contributed by atoms with Crippen LogP contribution in [0.5, 0.6) is 5.75 Å². The molecule has 5 aromatic rings. The van der Waals surface area contributed by atoms with Crippen LogP contribution in [0.4, 0.5) is 0 Å². The zero-order valence-electron chi connectivity index (χ0n) is 18.5. The number of ether oxygens (including phenoxy) is 1. The SMILES string of the molecule is O/N=c1/cc(-c2cc3sccc3cn2)oc2ccc(OCCN3CCc4ccccc4C3)cc12. The molecule has 7 heteroatoms. The van der Waals surface area contributed by atoms with Gasteiger partial charge in [0.05, 0.1) is 5.39 Å². The molecule has 0 saturated heterocycles. The summed E-state index contributed by atoms with van der Waals surface area (Å²) >= 11 is 1.65.